The number of nitriles is 1. The maximum atomic E-state index is 12.4. The van der Waals surface area contributed by atoms with Gasteiger partial charge in [-0.3, -0.25) is 9.69 Å². The number of aryl methyl sites for hydroxylation is 1. The highest BCUT2D eigenvalue weighted by molar-refractivity contribution is 5.81. The number of hydrogen-bond donors (Lipinski definition) is 1. The third-order valence-corrected chi connectivity index (χ3v) is 4.98. The molecule has 2 atom stereocenters. The normalized spacial score (nSPS) is 18.8. The summed E-state index contributed by atoms with van der Waals surface area (Å²) in [5.41, 5.74) is 0. The van der Waals surface area contributed by atoms with Crippen LogP contribution < -0.4 is 0 Å². The number of aliphatic hydroxyl groups excluding tert-OH is 1. The predicted molar refractivity (Wildman–Crippen MR) is 89.8 cm³/mol. The maximum Gasteiger partial charge on any atom is 0.239 e. The molecule has 1 N–H and O–H groups in total. The van der Waals surface area contributed by atoms with Crippen molar-refractivity contribution >= 4 is 5.91 Å². The summed E-state index contributed by atoms with van der Waals surface area (Å²) in [5, 5.41) is 19.2. The average molecular weight is 333 g/mol. The number of aromatic nitrogens is 2. The zero-order chi connectivity index (χ0) is 17.7. The van der Waals surface area contributed by atoms with Crippen molar-refractivity contribution in [1.29, 1.82) is 5.26 Å². The van der Waals surface area contributed by atoms with Gasteiger partial charge in [-0.2, -0.15) is 5.26 Å². The molecule has 2 unspecified atom stereocenters. The lowest BCUT2D eigenvalue weighted by atomic mass is 9.90. The van der Waals surface area contributed by atoms with Crippen LogP contribution >= 0.6 is 0 Å². The minimum absolute atomic E-state index is 0.0494. The number of aliphatic hydroxyl groups is 1. The molecule has 0 radical (unpaired) electrons. The first-order valence-corrected chi connectivity index (χ1v) is 8.47. The van der Waals surface area contributed by atoms with Crippen LogP contribution in [0.3, 0.4) is 0 Å². The Labute approximate surface area is 143 Å². The Hall–Kier alpha value is -1.91. The van der Waals surface area contributed by atoms with Gasteiger partial charge in [0.1, 0.15) is 11.9 Å². The number of rotatable bonds is 6. The number of nitrogens with zero attached hydrogens (tertiary/aromatic N) is 5. The molecule has 7 nitrogen and oxygen atoms in total. The van der Waals surface area contributed by atoms with Crippen LogP contribution in [0.4, 0.5) is 0 Å². The van der Waals surface area contributed by atoms with E-state index in [4.69, 9.17) is 5.26 Å². The van der Waals surface area contributed by atoms with E-state index < -0.39 is 6.10 Å². The number of carbonyl (C=O) groups is 1. The van der Waals surface area contributed by atoms with Gasteiger partial charge in [0.05, 0.1) is 18.5 Å². The Morgan fingerprint density at radius 2 is 2.21 bits per heavy atom. The highest BCUT2D eigenvalue weighted by Gasteiger charge is 2.32. The van der Waals surface area contributed by atoms with E-state index in [0.29, 0.717) is 18.8 Å². The highest BCUT2D eigenvalue weighted by atomic mass is 16.3. The molecular formula is C17H27N5O2. The summed E-state index contributed by atoms with van der Waals surface area (Å²) in [6, 6.07) is 1.87. The average Bonchev–Trinajstić information content (AvgIpc) is 3.03. The third kappa shape index (κ3) is 4.13. The number of likely N-dealkylation sites (tertiary alicyclic amines) is 1. The number of imidazole rings is 1. The zero-order valence-electron chi connectivity index (χ0n) is 14.7. The summed E-state index contributed by atoms with van der Waals surface area (Å²) in [4.78, 5) is 20.4. The van der Waals surface area contributed by atoms with Gasteiger partial charge in [-0.15, -0.1) is 0 Å². The van der Waals surface area contributed by atoms with Gasteiger partial charge in [-0.1, -0.05) is 0 Å². The maximum absolute atomic E-state index is 12.4. The molecule has 1 aliphatic rings. The lowest BCUT2D eigenvalue weighted by Gasteiger charge is -2.37. The fourth-order valence-electron chi connectivity index (χ4n) is 3.30. The van der Waals surface area contributed by atoms with Gasteiger partial charge in [0.2, 0.25) is 5.91 Å². The van der Waals surface area contributed by atoms with Crippen LogP contribution in [0, 0.1) is 17.2 Å². The van der Waals surface area contributed by atoms with Crippen LogP contribution in [0.25, 0.3) is 0 Å². The second-order valence-electron chi connectivity index (χ2n) is 6.56. The highest BCUT2D eigenvalue weighted by Crippen LogP contribution is 2.30. The van der Waals surface area contributed by atoms with Crippen molar-refractivity contribution in [1.82, 2.24) is 19.4 Å². The van der Waals surface area contributed by atoms with E-state index in [0.717, 1.165) is 25.9 Å². The van der Waals surface area contributed by atoms with Crippen LogP contribution in [0.1, 0.15) is 38.1 Å². The minimum atomic E-state index is -0.559. The molecule has 24 heavy (non-hydrogen) atoms. The Morgan fingerprint density at radius 1 is 1.54 bits per heavy atom. The summed E-state index contributed by atoms with van der Waals surface area (Å²) in [7, 11) is 3.63. The summed E-state index contributed by atoms with van der Waals surface area (Å²) in [5.74, 6) is 0.920. The van der Waals surface area contributed by atoms with E-state index in [2.05, 4.69) is 16.0 Å². The van der Waals surface area contributed by atoms with Gasteiger partial charge in [0.25, 0.3) is 0 Å². The molecule has 0 spiro atoms. The van der Waals surface area contributed by atoms with Crippen LogP contribution in [0.5, 0.6) is 0 Å². The van der Waals surface area contributed by atoms with E-state index in [1.165, 1.54) is 0 Å². The van der Waals surface area contributed by atoms with Crippen molar-refractivity contribution in [3.05, 3.63) is 18.2 Å². The molecule has 132 valence electrons. The summed E-state index contributed by atoms with van der Waals surface area (Å²) in [6.07, 6.45) is 5.02. The van der Waals surface area contributed by atoms with Crippen LogP contribution in [0.15, 0.2) is 12.4 Å². The molecule has 2 heterocycles. The van der Waals surface area contributed by atoms with Gasteiger partial charge in [-0.05, 0) is 38.8 Å². The molecule has 0 bridgehead atoms. The Kier molecular flexibility index (Phi) is 6.35. The Bertz CT molecular complexity index is 586. The van der Waals surface area contributed by atoms with Crippen LogP contribution in [-0.2, 0) is 11.8 Å². The fraction of sp³-hybridized carbons (Fsp3) is 0.706. The molecular weight excluding hydrogens is 306 g/mol. The quantitative estimate of drug-likeness (QED) is 0.837. The molecule has 1 aromatic heterocycles. The summed E-state index contributed by atoms with van der Waals surface area (Å²) in [6.45, 7) is 3.95. The van der Waals surface area contributed by atoms with E-state index in [-0.39, 0.29) is 17.9 Å². The summed E-state index contributed by atoms with van der Waals surface area (Å²) < 4.78 is 1.85. The van der Waals surface area contributed by atoms with Crippen molar-refractivity contribution in [3.63, 3.8) is 0 Å². The second-order valence-corrected chi connectivity index (χ2v) is 6.56. The lowest BCUT2D eigenvalue weighted by molar-refractivity contribution is -0.135. The molecule has 0 saturated carbocycles. The molecule has 7 heteroatoms. The third-order valence-electron chi connectivity index (χ3n) is 4.98. The molecule has 2 rings (SSSR count). The van der Waals surface area contributed by atoms with Crippen LogP contribution in [-0.4, -0.2) is 63.1 Å². The van der Waals surface area contributed by atoms with Gasteiger partial charge in [0.15, 0.2) is 0 Å². The van der Waals surface area contributed by atoms with Gasteiger partial charge < -0.3 is 14.6 Å². The van der Waals surface area contributed by atoms with Gasteiger partial charge in [-0.25, -0.2) is 4.98 Å². The molecule has 1 fully saturated rings. The monoisotopic (exact) mass is 333 g/mol. The van der Waals surface area contributed by atoms with E-state index in [1.807, 2.05) is 24.7 Å². The molecule has 1 saturated heterocycles. The largest absolute Gasteiger partial charge is 0.385 e. The second kappa shape index (κ2) is 8.27. The van der Waals surface area contributed by atoms with Crippen molar-refractivity contribution in [2.24, 2.45) is 13.0 Å². The first-order valence-electron chi connectivity index (χ1n) is 8.47. The van der Waals surface area contributed by atoms with Crippen molar-refractivity contribution in [2.45, 2.75) is 38.3 Å². The van der Waals surface area contributed by atoms with E-state index in [9.17, 15) is 9.90 Å². The first kappa shape index (κ1) is 18.4. The van der Waals surface area contributed by atoms with Crippen molar-refractivity contribution in [3.8, 4) is 6.07 Å². The van der Waals surface area contributed by atoms with Crippen LogP contribution in [0.2, 0.25) is 0 Å². The number of amides is 1. The minimum Gasteiger partial charge on any atom is -0.385 e. The Balaban J connectivity index is 1.87. The van der Waals surface area contributed by atoms with Crippen molar-refractivity contribution in [2.75, 3.05) is 26.7 Å². The topological polar surface area (TPSA) is 85.4 Å². The number of likely N-dealkylation sites (N-methyl/N-ethyl adjacent to an activating group) is 1. The SMILES string of the molecule is CC(C(=O)N(C)CCC#N)N1CCC(C(O)c2nccn2C)CC1. The predicted octanol–water partition coefficient (Wildman–Crippen LogP) is 0.926. The molecule has 0 aromatic carbocycles. The molecule has 0 aliphatic carbocycles. The molecule has 1 aliphatic heterocycles. The number of carbonyl (C=O) groups excluding carboxylic acids is 1. The molecule has 1 aromatic rings. The number of hydrogen-bond acceptors (Lipinski definition) is 5. The van der Waals surface area contributed by atoms with E-state index in [1.54, 1.807) is 18.1 Å². The Morgan fingerprint density at radius 3 is 2.75 bits per heavy atom. The smallest absolute Gasteiger partial charge is 0.239 e. The van der Waals surface area contributed by atoms with Crippen molar-refractivity contribution < 1.29 is 9.90 Å². The van der Waals surface area contributed by atoms with Gasteiger partial charge in [0, 0.05) is 33.0 Å². The van der Waals surface area contributed by atoms with Gasteiger partial charge >= 0.3 is 0 Å². The zero-order valence-corrected chi connectivity index (χ0v) is 14.7. The molecule has 1 amide bonds. The lowest BCUT2D eigenvalue weighted by Crippen LogP contribution is -2.49. The fourth-order valence-corrected chi connectivity index (χ4v) is 3.30. The van der Waals surface area contributed by atoms with E-state index >= 15 is 0 Å². The standard InChI is InChI=1S/C17H27N5O2/c1-13(17(24)21(3)9-4-7-18)22-10-5-14(6-11-22)15(23)16-19-8-12-20(16)2/h8,12-15,23H,4-6,9-11H2,1-3H3. The number of piperidine rings is 1. The summed E-state index contributed by atoms with van der Waals surface area (Å²) >= 11 is 0. The first-order chi connectivity index (χ1) is 11.5.